The van der Waals surface area contributed by atoms with Gasteiger partial charge in [0, 0.05) is 11.6 Å². The molecule has 3 heteroatoms. The van der Waals surface area contributed by atoms with Crippen LogP contribution in [0.5, 0.6) is 0 Å². The average molecular weight is 262 g/mol. The second-order valence-electron chi connectivity index (χ2n) is 5.74. The first-order valence-electron chi connectivity index (χ1n) is 6.95. The van der Waals surface area contributed by atoms with Gasteiger partial charge in [0.05, 0.1) is 6.54 Å². The Hall–Kier alpha value is -1.35. The monoisotopic (exact) mass is 262 g/mol. The number of hydrogen-bond acceptors (Lipinski definition) is 2. The molecule has 0 aliphatic heterocycles. The van der Waals surface area contributed by atoms with Crippen LogP contribution in [0, 0.1) is 6.92 Å². The molecule has 2 N–H and O–H groups in total. The lowest BCUT2D eigenvalue weighted by Gasteiger charge is -2.25. The highest BCUT2D eigenvalue weighted by atomic mass is 16.2. The van der Waals surface area contributed by atoms with E-state index in [1.54, 1.807) is 0 Å². The lowest BCUT2D eigenvalue weighted by Crippen LogP contribution is -2.46. The summed E-state index contributed by atoms with van der Waals surface area (Å²) >= 11 is 0. The number of amides is 1. The van der Waals surface area contributed by atoms with Gasteiger partial charge >= 0.3 is 0 Å². The van der Waals surface area contributed by atoms with E-state index in [0.29, 0.717) is 6.54 Å². The van der Waals surface area contributed by atoms with Gasteiger partial charge in [0.25, 0.3) is 0 Å². The van der Waals surface area contributed by atoms with Gasteiger partial charge in [-0.3, -0.25) is 4.79 Å². The van der Waals surface area contributed by atoms with Crippen LogP contribution in [-0.4, -0.2) is 18.0 Å². The van der Waals surface area contributed by atoms with Crippen molar-refractivity contribution in [3.8, 4) is 0 Å². The highest BCUT2D eigenvalue weighted by Crippen LogP contribution is 2.16. The quantitative estimate of drug-likeness (QED) is 0.827. The largest absolute Gasteiger partial charge is 0.350 e. The highest BCUT2D eigenvalue weighted by Gasteiger charge is 2.18. The summed E-state index contributed by atoms with van der Waals surface area (Å²) in [6.07, 6.45) is 0.923. The Balaban J connectivity index is 2.49. The molecule has 0 saturated heterocycles. The maximum atomic E-state index is 11.9. The van der Waals surface area contributed by atoms with Crippen molar-refractivity contribution in [3.05, 3.63) is 35.4 Å². The fourth-order valence-corrected chi connectivity index (χ4v) is 1.94. The zero-order valence-corrected chi connectivity index (χ0v) is 12.7. The van der Waals surface area contributed by atoms with Gasteiger partial charge < -0.3 is 10.6 Å². The van der Waals surface area contributed by atoms with Crippen molar-refractivity contribution >= 4 is 5.91 Å². The van der Waals surface area contributed by atoms with Crippen LogP contribution in [0.25, 0.3) is 0 Å². The normalized spacial score (nSPS) is 13.1. The fourth-order valence-electron chi connectivity index (χ4n) is 1.94. The predicted octanol–water partition coefficient (Wildman–Crippen LogP) is 2.95. The van der Waals surface area contributed by atoms with Crippen LogP contribution >= 0.6 is 0 Å². The molecular weight excluding hydrogens is 236 g/mol. The molecule has 0 unspecified atom stereocenters. The number of carbonyl (C=O) groups excluding carboxylic acids is 1. The molecule has 106 valence electrons. The van der Waals surface area contributed by atoms with Crippen molar-refractivity contribution in [2.24, 2.45) is 0 Å². The predicted molar refractivity (Wildman–Crippen MR) is 80.1 cm³/mol. The van der Waals surface area contributed by atoms with Gasteiger partial charge in [-0.25, -0.2) is 0 Å². The third-order valence-electron chi connectivity index (χ3n) is 3.59. The Kier molecular flexibility index (Phi) is 5.55. The van der Waals surface area contributed by atoms with E-state index in [1.807, 2.05) is 26.0 Å². The molecule has 1 aromatic carbocycles. The van der Waals surface area contributed by atoms with Crippen LogP contribution in [-0.2, 0) is 4.79 Å². The van der Waals surface area contributed by atoms with Crippen molar-refractivity contribution in [2.75, 3.05) is 6.54 Å². The number of carbonyl (C=O) groups is 1. The molecule has 0 saturated carbocycles. The summed E-state index contributed by atoms with van der Waals surface area (Å²) in [5.41, 5.74) is 2.35. The molecule has 1 amide bonds. The minimum absolute atomic E-state index is 0.0484. The van der Waals surface area contributed by atoms with Gasteiger partial charge in [-0.1, -0.05) is 31.2 Å². The molecule has 0 radical (unpaired) electrons. The average Bonchev–Trinajstić information content (AvgIpc) is 2.36. The molecule has 0 aromatic heterocycles. The summed E-state index contributed by atoms with van der Waals surface area (Å²) in [4.78, 5) is 11.9. The number of aryl methyl sites for hydroxylation is 1. The molecule has 0 bridgehead atoms. The number of hydrogen-bond donors (Lipinski definition) is 2. The van der Waals surface area contributed by atoms with E-state index in [2.05, 4.69) is 43.5 Å². The lowest BCUT2D eigenvalue weighted by molar-refractivity contribution is -0.122. The summed E-state index contributed by atoms with van der Waals surface area (Å²) in [6, 6.07) is 8.42. The number of benzene rings is 1. The van der Waals surface area contributed by atoms with Gasteiger partial charge in [0.2, 0.25) is 5.91 Å². The molecule has 0 heterocycles. The maximum Gasteiger partial charge on any atom is 0.234 e. The Bertz CT molecular complexity index is 427. The molecular formula is C16H26N2O. The SMILES string of the molecule is CCC(C)(C)NC(=O)CN[C@@H](C)c1ccccc1C. The van der Waals surface area contributed by atoms with E-state index in [0.717, 1.165) is 6.42 Å². The number of nitrogens with one attached hydrogen (secondary N) is 2. The van der Waals surface area contributed by atoms with E-state index in [9.17, 15) is 4.79 Å². The fraction of sp³-hybridized carbons (Fsp3) is 0.562. The first kappa shape index (κ1) is 15.7. The molecule has 3 nitrogen and oxygen atoms in total. The molecule has 0 aliphatic rings. The maximum absolute atomic E-state index is 11.9. The second-order valence-corrected chi connectivity index (χ2v) is 5.74. The summed E-state index contributed by atoms with van der Waals surface area (Å²) < 4.78 is 0. The van der Waals surface area contributed by atoms with Gasteiger partial charge in [-0.2, -0.15) is 0 Å². The van der Waals surface area contributed by atoms with Crippen LogP contribution < -0.4 is 10.6 Å². The van der Waals surface area contributed by atoms with Crippen LogP contribution in [0.1, 0.15) is 51.3 Å². The molecule has 0 fully saturated rings. The smallest absolute Gasteiger partial charge is 0.234 e. The van der Waals surface area contributed by atoms with E-state index < -0.39 is 0 Å². The zero-order chi connectivity index (χ0) is 14.5. The molecule has 1 aromatic rings. The topological polar surface area (TPSA) is 41.1 Å². The Morgan fingerprint density at radius 1 is 1.32 bits per heavy atom. The second kappa shape index (κ2) is 6.71. The Morgan fingerprint density at radius 2 is 1.95 bits per heavy atom. The molecule has 0 spiro atoms. The summed E-state index contributed by atoms with van der Waals surface area (Å²) in [7, 11) is 0. The van der Waals surface area contributed by atoms with E-state index in [1.165, 1.54) is 11.1 Å². The van der Waals surface area contributed by atoms with Crippen LogP contribution in [0.15, 0.2) is 24.3 Å². The third-order valence-corrected chi connectivity index (χ3v) is 3.59. The van der Waals surface area contributed by atoms with Crippen LogP contribution in [0.4, 0.5) is 0 Å². The van der Waals surface area contributed by atoms with Gasteiger partial charge in [0.1, 0.15) is 0 Å². The molecule has 19 heavy (non-hydrogen) atoms. The molecule has 1 rings (SSSR count). The van der Waals surface area contributed by atoms with E-state index in [-0.39, 0.29) is 17.5 Å². The summed E-state index contributed by atoms with van der Waals surface area (Å²) in [5, 5.41) is 6.30. The minimum atomic E-state index is -0.134. The zero-order valence-electron chi connectivity index (χ0n) is 12.7. The van der Waals surface area contributed by atoms with Crippen molar-refractivity contribution in [1.82, 2.24) is 10.6 Å². The highest BCUT2D eigenvalue weighted by molar-refractivity contribution is 5.78. The van der Waals surface area contributed by atoms with Crippen molar-refractivity contribution < 1.29 is 4.79 Å². The molecule has 1 atom stereocenters. The summed E-state index contributed by atoms with van der Waals surface area (Å²) in [5.74, 6) is 0.0484. The van der Waals surface area contributed by atoms with Crippen LogP contribution in [0.3, 0.4) is 0 Å². The first-order valence-corrected chi connectivity index (χ1v) is 6.95. The van der Waals surface area contributed by atoms with Crippen LogP contribution in [0.2, 0.25) is 0 Å². The first-order chi connectivity index (χ1) is 8.85. The number of rotatable bonds is 6. The third kappa shape index (κ3) is 5.03. The van der Waals surface area contributed by atoms with E-state index in [4.69, 9.17) is 0 Å². The van der Waals surface area contributed by atoms with Crippen molar-refractivity contribution in [3.63, 3.8) is 0 Å². The van der Waals surface area contributed by atoms with Gasteiger partial charge in [-0.05, 0) is 45.2 Å². The van der Waals surface area contributed by atoms with E-state index >= 15 is 0 Å². The Morgan fingerprint density at radius 3 is 2.53 bits per heavy atom. The van der Waals surface area contributed by atoms with Crippen molar-refractivity contribution in [1.29, 1.82) is 0 Å². The Labute approximate surface area is 116 Å². The van der Waals surface area contributed by atoms with Gasteiger partial charge in [-0.15, -0.1) is 0 Å². The summed E-state index contributed by atoms with van der Waals surface area (Å²) in [6.45, 7) is 10.7. The van der Waals surface area contributed by atoms with Crippen molar-refractivity contribution in [2.45, 2.75) is 52.6 Å². The molecule has 0 aliphatic carbocycles. The van der Waals surface area contributed by atoms with Gasteiger partial charge in [0.15, 0.2) is 0 Å². The standard InChI is InChI=1S/C16H26N2O/c1-6-16(4,5)18-15(19)11-17-13(3)14-10-8-7-9-12(14)2/h7-10,13,17H,6,11H2,1-5H3,(H,18,19)/t13-/m0/s1. The lowest BCUT2D eigenvalue weighted by atomic mass is 10.0. The minimum Gasteiger partial charge on any atom is -0.350 e.